The Bertz CT molecular complexity index is 911. The number of carbonyl (C=O) groups is 1. The number of non-ortho nitro benzene ring substituents is 1. The maximum absolute atomic E-state index is 13.3. The lowest BCUT2D eigenvalue weighted by molar-refractivity contribution is -0.384. The molecule has 29 heavy (non-hydrogen) atoms. The molecule has 11 nitrogen and oxygen atoms in total. The quantitative estimate of drug-likeness (QED) is 0.330. The van der Waals surface area contributed by atoms with E-state index in [9.17, 15) is 19.5 Å². The van der Waals surface area contributed by atoms with E-state index < -0.39 is 24.7 Å². The smallest absolute Gasteiger partial charge is 0.496 e. The second-order valence-corrected chi connectivity index (χ2v) is 7.29. The van der Waals surface area contributed by atoms with E-state index in [1.165, 1.54) is 45.4 Å². The van der Waals surface area contributed by atoms with Gasteiger partial charge in [0.25, 0.3) is 5.69 Å². The van der Waals surface area contributed by atoms with Crippen LogP contribution in [0.1, 0.15) is 6.92 Å². The van der Waals surface area contributed by atoms with Crippen molar-refractivity contribution in [1.29, 1.82) is 0 Å². The van der Waals surface area contributed by atoms with Gasteiger partial charge in [-0.25, -0.2) is 4.57 Å². The van der Waals surface area contributed by atoms with Crippen molar-refractivity contribution in [2.45, 2.75) is 13.0 Å². The molecular weight excluding hydrogens is 407 g/mol. The monoisotopic (exact) mass is 426 g/mol. The molecular formula is C17H19N2O9P. The molecule has 2 aromatic rings. The molecule has 12 heteroatoms. The standard InChI is InChI=1S/C17H19N2O9P/c1-11(17(20)21)18-29(24,27-13-6-4-12(5-7-13)19(22)23)28-16-9-14(25-2)8-15(10-16)26-3/h4-11H,1-3H3,(H,18,24)(H,20,21). The first-order valence-corrected chi connectivity index (χ1v) is 9.67. The van der Waals surface area contributed by atoms with Gasteiger partial charge in [0.1, 0.15) is 29.0 Å². The van der Waals surface area contributed by atoms with Crippen molar-refractivity contribution in [3.8, 4) is 23.0 Å². The summed E-state index contributed by atoms with van der Waals surface area (Å²) in [4.78, 5) is 21.4. The summed E-state index contributed by atoms with van der Waals surface area (Å²) in [5.74, 6) is -0.611. The second-order valence-electron chi connectivity index (χ2n) is 5.67. The van der Waals surface area contributed by atoms with Crippen molar-refractivity contribution in [2.75, 3.05) is 14.2 Å². The Morgan fingerprint density at radius 1 is 1.03 bits per heavy atom. The van der Waals surface area contributed by atoms with E-state index in [1.807, 2.05) is 0 Å². The van der Waals surface area contributed by atoms with Gasteiger partial charge in [0, 0.05) is 30.3 Å². The molecule has 2 rings (SSSR count). The molecule has 0 aliphatic rings. The fourth-order valence-corrected chi connectivity index (χ4v) is 3.61. The van der Waals surface area contributed by atoms with Gasteiger partial charge in [-0.2, -0.15) is 5.09 Å². The molecule has 0 saturated heterocycles. The maximum Gasteiger partial charge on any atom is 0.513 e. The van der Waals surface area contributed by atoms with Crippen LogP contribution in [0.4, 0.5) is 5.69 Å². The van der Waals surface area contributed by atoms with E-state index in [-0.39, 0.29) is 17.2 Å². The highest BCUT2D eigenvalue weighted by Crippen LogP contribution is 2.46. The Balaban J connectivity index is 2.36. The predicted octanol–water partition coefficient (Wildman–Crippen LogP) is 3.24. The number of nitro groups is 1. The summed E-state index contributed by atoms with van der Waals surface area (Å²) in [5, 5.41) is 22.2. The zero-order valence-electron chi connectivity index (χ0n) is 15.7. The summed E-state index contributed by atoms with van der Waals surface area (Å²) >= 11 is 0. The fourth-order valence-electron chi connectivity index (χ4n) is 2.10. The minimum Gasteiger partial charge on any atom is -0.496 e. The predicted molar refractivity (Wildman–Crippen MR) is 102 cm³/mol. The van der Waals surface area contributed by atoms with E-state index in [0.717, 1.165) is 12.1 Å². The molecule has 2 aromatic carbocycles. The number of carboxylic acid groups (broad SMARTS) is 1. The molecule has 0 aliphatic heterocycles. The third-order valence-corrected chi connectivity index (χ3v) is 5.15. The van der Waals surface area contributed by atoms with Crippen LogP contribution in [0.25, 0.3) is 0 Å². The highest BCUT2D eigenvalue weighted by Gasteiger charge is 2.33. The Morgan fingerprint density at radius 3 is 1.97 bits per heavy atom. The lowest BCUT2D eigenvalue weighted by atomic mass is 10.3. The van der Waals surface area contributed by atoms with Gasteiger partial charge in [0.05, 0.1) is 19.1 Å². The fraction of sp³-hybridized carbons (Fsp3) is 0.235. The Hall–Kier alpha value is -3.30. The molecule has 156 valence electrons. The van der Waals surface area contributed by atoms with E-state index in [1.54, 1.807) is 6.07 Å². The van der Waals surface area contributed by atoms with E-state index >= 15 is 0 Å². The minimum atomic E-state index is -4.28. The molecule has 0 fully saturated rings. The van der Waals surface area contributed by atoms with Crippen molar-refractivity contribution in [3.05, 3.63) is 52.6 Å². The van der Waals surface area contributed by atoms with Gasteiger partial charge in [-0.1, -0.05) is 0 Å². The Labute approximate surface area is 165 Å². The molecule has 0 amide bonds. The van der Waals surface area contributed by atoms with Gasteiger partial charge < -0.3 is 23.6 Å². The summed E-state index contributed by atoms with van der Waals surface area (Å²) in [6.45, 7) is 1.25. The third kappa shape index (κ3) is 6.09. The van der Waals surface area contributed by atoms with Crippen molar-refractivity contribution < 1.29 is 37.9 Å². The molecule has 0 aliphatic carbocycles. The number of methoxy groups -OCH3 is 2. The zero-order valence-corrected chi connectivity index (χ0v) is 16.6. The minimum absolute atomic E-state index is 0.0246. The van der Waals surface area contributed by atoms with Crippen LogP contribution < -0.4 is 23.6 Å². The number of benzene rings is 2. The van der Waals surface area contributed by atoms with Crippen molar-refractivity contribution >= 4 is 19.4 Å². The average molecular weight is 426 g/mol. The topological polar surface area (TPSA) is 146 Å². The first-order chi connectivity index (χ1) is 13.7. The molecule has 0 heterocycles. The first-order valence-electron chi connectivity index (χ1n) is 8.13. The van der Waals surface area contributed by atoms with Gasteiger partial charge in [-0.15, -0.1) is 0 Å². The van der Waals surface area contributed by atoms with Gasteiger partial charge in [-0.05, 0) is 19.1 Å². The van der Waals surface area contributed by atoms with Crippen LogP contribution in [-0.2, 0) is 9.36 Å². The second kappa shape index (κ2) is 9.26. The molecule has 0 bridgehead atoms. The van der Waals surface area contributed by atoms with Crippen LogP contribution in [0, 0.1) is 10.1 Å². The lowest BCUT2D eigenvalue weighted by Crippen LogP contribution is -2.34. The molecule has 2 N–H and O–H groups in total. The average Bonchev–Trinajstić information content (AvgIpc) is 2.67. The van der Waals surface area contributed by atoms with Gasteiger partial charge >= 0.3 is 13.7 Å². The number of nitro benzene ring substituents is 1. The van der Waals surface area contributed by atoms with Crippen LogP contribution in [0.15, 0.2) is 42.5 Å². The summed E-state index contributed by atoms with van der Waals surface area (Å²) in [5.41, 5.74) is -0.197. The van der Waals surface area contributed by atoms with Crippen molar-refractivity contribution in [1.82, 2.24) is 5.09 Å². The molecule has 0 radical (unpaired) electrons. The first kappa shape index (κ1) is 22.0. The van der Waals surface area contributed by atoms with E-state index in [0.29, 0.717) is 11.5 Å². The summed E-state index contributed by atoms with van der Waals surface area (Å²) in [7, 11) is -1.46. The van der Waals surface area contributed by atoms with Crippen LogP contribution >= 0.6 is 7.75 Å². The number of nitrogens with one attached hydrogen (secondary N) is 1. The lowest BCUT2D eigenvalue weighted by Gasteiger charge is -2.22. The Morgan fingerprint density at radius 2 is 1.52 bits per heavy atom. The van der Waals surface area contributed by atoms with E-state index in [4.69, 9.17) is 23.6 Å². The van der Waals surface area contributed by atoms with Crippen LogP contribution in [0.3, 0.4) is 0 Å². The summed E-state index contributed by atoms with van der Waals surface area (Å²) < 4.78 is 34.3. The van der Waals surface area contributed by atoms with Crippen LogP contribution in [0.5, 0.6) is 23.0 Å². The van der Waals surface area contributed by atoms with Gasteiger partial charge in [-0.3, -0.25) is 14.9 Å². The molecule has 0 spiro atoms. The van der Waals surface area contributed by atoms with E-state index in [2.05, 4.69) is 5.09 Å². The highest BCUT2D eigenvalue weighted by atomic mass is 31.2. The number of aliphatic carboxylic acids is 1. The van der Waals surface area contributed by atoms with Crippen LogP contribution in [-0.4, -0.2) is 36.3 Å². The molecule has 2 atom stereocenters. The number of nitrogens with zero attached hydrogens (tertiary/aromatic N) is 1. The zero-order chi connectivity index (χ0) is 21.6. The number of rotatable bonds is 10. The van der Waals surface area contributed by atoms with Crippen molar-refractivity contribution in [2.24, 2.45) is 0 Å². The molecule has 0 aromatic heterocycles. The van der Waals surface area contributed by atoms with Crippen molar-refractivity contribution in [3.63, 3.8) is 0 Å². The maximum atomic E-state index is 13.3. The van der Waals surface area contributed by atoms with Gasteiger partial charge in [0.2, 0.25) is 0 Å². The Kier molecular flexibility index (Phi) is 7.03. The number of hydrogen-bond donors (Lipinski definition) is 2. The molecule has 2 unspecified atom stereocenters. The van der Waals surface area contributed by atoms with Crippen LogP contribution in [0.2, 0.25) is 0 Å². The third-order valence-electron chi connectivity index (χ3n) is 3.55. The number of carboxylic acids is 1. The summed E-state index contributed by atoms with van der Waals surface area (Å²) in [6, 6.07) is 7.81. The normalized spacial score (nSPS) is 13.6. The number of ether oxygens (including phenoxy) is 2. The highest BCUT2D eigenvalue weighted by molar-refractivity contribution is 7.52. The van der Waals surface area contributed by atoms with Gasteiger partial charge in [0.15, 0.2) is 0 Å². The largest absolute Gasteiger partial charge is 0.513 e. The summed E-state index contributed by atoms with van der Waals surface area (Å²) in [6.07, 6.45) is 0. The molecule has 0 saturated carbocycles. The number of hydrogen-bond acceptors (Lipinski definition) is 8. The SMILES string of the molecule is COc1cc(OC)cc(OP(=O)(NC(C)C(=O)O)Oc2ccc([N+](=O)[O-])cc2)c1.